The van der Waals surface area contributed by atoms with Crippen molar-refractivity contribution >= 4 is 29.9 Å². The molecule has 0 amide bonds. The summed E-state index contributed by atoms with van der Waals surface area (Å²) in [7, 11) is 0. The minimum atomic E-state index is -0.489. The lowest BCUT2D eigenvalue weighted by molar-refractivity contribution is -0.110. The maximum absolute atomic E-state index is 11.4. The van der Waals surface area contributed by atoms with Crippen LogP contribution in [-0.2, 0) is 9.53 Å². The van der Waals surface area contributed by atoms with Crippen LogP contribution in [0.15, 0.2) is 24.3 Å². The van der Waals surface area contributed by atoms with E-state index in [1.165, 1.54) is 0 Å². The van der Waals surface area contributed by atoms with Crippen molar-refractivity contribution in [2.45, 2.75) is 6.92 Å². The second-order valence-electron chi connectivity index (χ2n) is 2.88. The molecule has 0 heterocycles. The number of carbonyl (C=O) groups is 2. The molecule has 0 saturated heterocycles. The topological polar surface area (TPSA) is 55.4 Å². The van der Waals surface area contributed by atoms with Gasteiger partial charge in [-0.15, -0.1) is 0 Å². The van der Waals surface area contributed by atoms with Crippen molar-refractivity contribution in [2.24, 2.45) is 0 Å². The summed E-state index contributed by atoms with van der Waals surface area (Å²) in [5.74, 6) is 0.442. The highest BCUT2D eigenvalue weighted by atomic mass is 32.2. The summed E-state index contributed by atoms with van der Waals surface area (Å²) in [5.41, 5.74) is 1.27. The van der Waals surface area contributed by atoms with Crippen LogP contribution in [-0.4, -0.2) is 24.6 Å². The van der Waals surface area contributed by atoms with Gasteiger partial charge in [-0.05, 0) is 18.2 Å². The normalized spacial score (nSPS) is 9.56. The van der Waals surface area contributed by atoms with Crippen LogP contribution in [0.4, 0.5) is 5.69 Å². The molecule has 86 valence electrons. The maximum atomic E-state index is 11.4. The van der Waals surface area contributed by atoms with E-state index in [0.29, 0.717) is 11.8 Å². The number of benzene rings is 1. The number of rotatable bonds is 6. The molecule has 0 atom stereocenters. The number of hydrogen-bond donors (Lipinski definition) is 1. The van der Waals surface area contributed by atoms with Gasteiger partial charge in [0, 0.05) is 11.4 Å². The Hall–Kier alpha value is -1.49. The Morgan fingerprint density at radius 1 is 1.56 bits per heavy atom. The Morgan fingerprint density at radius 3 is 3.06 bits per heavy atom. The number of anilines is 1. The molecule has 1 aromatic rings. The van der Waals surface area contributed by atoms with E-state index in [1.807, 2.05) is 13.0 Å². The molecule has 1 aromatic carbocycles. The summed E-state index contributed by atoms with van der Waals surface area (Å²) < 4.78 is 7.78. The van der Waals surface area contributed by atoms with Crippen LogP contribution < -0.4 is 4.72 Å². The fourth-order valence-electron chi connectivity index (χ4n) is 1.06. The van der Waals surface area contributed by atoms with E-state index in [-0.39, 0.29) is 6.61 Å². The quantitative estimate of drug-likeness (QED) is 0.468. The van der Waals surface area contributed by atoms with Crippen molar-refractivity contribution in [3.05, 3.63) is 29.8 Å². The second-order valence-corrected chi connectivity index (χ2v) is 3.95. The molecule has 4 nitrogen and oxygen atoms in total. The predicted molar refractivity (Wildman–Crippen MR) is 64.5 cm³/mol. The molecule has 0 saturated carbocycles. The van der Waals surface area contributed by atoms with E-state index in [2.05, 4.69) is 4.72 Å². The molecule has 5 heteroatoms. The van der Waals surface area contributed by atoms with Crippen LogP contribution in [0.3, 0.4) is 0 Å². The Bertz CT molecular complexity index is 368. The van der Waals surface area contributed by atoms with Crippen LogP contribution in [0, 0.1) is 0 Å². The van der Waals surface area contributed by atoms with E-state index >= 15 is 0 Å². The van der Waals surface area contributed by atoms with E-state index < -0.39 is 5.97 Å². The van der Waals surface area contributed by atoms with Gasteiger partial charge in [0.1, 0.15) is 6.61 Å². The van der Waals surface area contributed by atoms with Crippen molar-refractivity contribution in [2.75, 3.05) is 17.1 Å². The van der Waals surface area contributed by atoms with Crippen molar-refractivity contribution < 1.29 is 14.3 Å². The third-order valence-electron chi connectivity index (χ3n) is 1.72. The zero-order valence-corrected chi connectivity index (χ0v) is 9.75. The smallest absolute Gasteiger partial charge is 0.338 e. The lowest BCUT2D eigenvalue weighted by Crippen LogP contribution is -2.07. The average molecular weight is 239 g/mol. The minimum absolute atomic E-state index is 0.208. The van der Waals surface area contributed by atoms with Crippen molar-refractivity contribution in [1.82, 2.24) is 0 Å². The Labute approximate surface area is 98.5 Å². The molecule has 0 aliphatic carbocycles. The fraction of sp³-hybridized carbons (Fsp3) is 0.273. The largest absolute Gasteiger partial charge is 0.454 e. The molecule has 0 spiro atoms. The zero-order chi connectivity index (χ0) is 11.8. The molecular weight excluding hydrogens is 226 g/mol. The number of aldehydes is 1. The molecule has 0 aliphatic heterocycles. The SMILES string of the molecule is CCSNc1cccc(C(=O)OCC=O)c1. The van der Waals surface area contributed by atoms with E-state index in [1.54, 1.807) is 30.1 Å². The molecule has 0 radical (unpaired) electrons. The van der Waals surface area contributed by atoms with Gasteiger partial charge in [-0.2, -0.15) is 0 Å². The Morgan fingerprint density at radius 2 is 2.38 bits per heavy atom. The van der Waals surface area contributed by atoms with Gasteiger partial charge in [0.05, 0.1) is 5.56 Å². The predicted octanol–water partition coefficient (Wildman–Crippen LogP) is 2.12. The Balaban J connectivity index is 2.65. The average Bonchev–Trinajstić information content (AvgIpc) is 2.33. The molecule has 1 rings (SSSR count). The van der Waals surface area contributed by atoms with Gasteiger partial charge in [0.25, 0.3) is 0 Å². The molecule has 16 heavy (non-hydrogen) atoms. The molecule has 0 aromatic heterocycles. The van der Waals surface area contributed by atoms with Gasteiger partial charge in [0.2, 0.25) is 0 Å². The van der Waals surface area contributed by atoms with Crippen molar-refractivity contribution in [3.63, 3.8) is 0 Å². The Kier molecular flexibility index (Phi) is 5.42. The van der Waals surface area contributed by atoms with E-state index in [4.69, 9.17) is 4.74 Å². The minimum Gasteiger partial charge on any atom is -0.454 e. The summed E-state index contributed by atoms with van der Waals surface area (Å²) >= 11 is 1.54. The highest BCUT2D eigenvalue weighted by Crippen LogP contribution is 2.15. The van der Waals surface area contributed by atoms with Gasteiger partial charge >= 0.3 is 5.97 Å². The second kappa shape index (κ2) is 6.90. The zero-order valence-electron chi connectivity index (χ0n) is 8.93. The number of nitrogens with one attached hydrogen (secondary N) is 1. The number of ether oxygens (including phenoxy) is 1. The van der Waals surface area contributed by atoms with Crippen LogP contribution in [0.2, 0.25) is 0 Å². The van der Waals surface area contributed by atoms with E-state index in [9.17, 15) is 9.59 Å². The third kappa shape index (κ3) is 3.94. The van der Waals surface area contributed by atoms with Gasteiger partial charge < -0.3 is 9.46 Å². The first kappa shape index (κ1) is 12.6. The number of esters is 1. The van der Waals surface area contributed by atoms with Crippen LogP contribution >= 0.6 is 11.9 Å². The fourth-order valence-corrected chi connectivity index (χ4v) is 1.50. The number of hydrogen-bond acceptors (Lipinski definition) is 5. The van der Waals surface area contributed by atoms with Crippen LogP contribution in [0.25, 0.3) is 0 Å². The molecule has 0 fully saturated rings. The summed E-state index contributed by atoms with van der Waals surface area (Å²) in [6.07, 6.45) is 0.549. The van der Waals surface area contributed by atoms with Crippen molar-refractivity contribution in [1.29, 1.82) is 0 Å². The first-order chi connectivity index (χ1) is 7.77. The van der Waals surface area contributed by atoms with Gasteiger partial charge in [-0.3, -0.25) is 4.79 Å². The highest BCUT2D eigenvalue weighted by Gasteiger charge is 2.06. The summed E-state index contributed by atoms with van der Waals surface area (Å²) in [5, 5.41) is 0. The van der Waals surface area contributed by atoms with Crippen molar-refractivity contribution in [3.8, 4) is 0 Å². The number of carbonyl (C=O) groups excluding carboxylic acids is 2. The monoisotopic (exact) mass is 239 g/mol. The third-order valence-corrected chi connectivity index (χ3v) is 2.38. The summed E-state index contributed by atoms with van der Waals surface area (Å²) in [6, 6.07) is 6.96. The lowest BCUT2D eigenvalue weighted by atomic mass is 10.2. The van der Waals surface area contributed by atoms with Gasteiger partial charge in [-0.1, -0.05) is 24.9 Å². The lowest BCUT2D eigenvalue weighted by Gasteiger charge is -2.05. The highest BCUT2D eigenvalue weighted by molar-refractivity contribution is 8.00. The van der Waals surface area contributed by atoms with Crippen LogP contribution in [0.1, 0.15) is 17.3 Å². The van der Waals surface area contributed by atoms with Crippen LogP contribution in [0.5, 0.6) is 0 Å². The molecular formula is C11H13NO3S. The first-order valence-electron chi connectivity index (χ1n) is 4.86. The van der Waals surface area contributed by atoms with E-state index in [0.717, 1.165) is 11.4 Å². The summed E-state index contributed by atoms with van der Waals surface area (Å²) in [4.78, 5) is 21.5. The standard InChI is InChI=1S/C11H13NO3S/c1-2-16-12-10-5-3-4-9(8-10)11(14)15-7-6-13/h3-6,8,12H,2,7H2,1H3. The van der Waals surface area contributed by atoms with Gasteiger partial charge in [0.15, 0.2) is 6.29 Å². The molecule has 1 N–H and O–H groups in total. The first-order valence-corrected chi connectivity index (χ1v) is 5.85. The maximum Gasteiger partial charge on any atom is 0.338 e. The summed E-state index contributed by atoms with van der Waals surface area (Å²) in [6.45, 7) is 1.82. The van der Waals surface area contributed by atoms with Gasteiger partial charge in [-0.25, -0.2) is 4.79 Å². The molecule has 0 aliphatic rings. The molecule has 0 bridgehead atoms. The molecule has 0 unspecified atom stereocenters.